The Labute approximate surface area is 201 Å². The molecule has 0 radical (unpaired) electrons. The maximum absolute atomic E-state index is 13.1. The minimum absolute atomic E-state index is 0.163. The predicted octanol–water partition coefficient (Wildman–Crippen LogP) is 7.17. The van der Waals surface area contributed by atoms with E-state index in [0.717, 1.165) is 26.0 Å². The number of ketones is 1. The zero-order valence-corrected chi connectivity index (χ0v) is 20.4. The normalized spacial score (nSPS) is 16.9. The van der Waals surface area contributed by atoms with Gasteiger partial charge < -0.3 is 14.8 Å². The Bertz CT molecular complexity index is 1150. The number of thioether (sulfide) groups is 1. The Morgan fingerprint density at radius 3 is 2.94 bits per heavy atom. The molecule has 1 aliphatic heterocycles. The number of ether oxygens (including phenoxy) is 2. The zero-order chi connectivity index (χ0) is 22.5. The van der Waals surface area contributed by atoms with Crippen LogP contribution in [-0.2, 0) is 4.74 Å². The molecule has 0 bridgehead atoms. The molecule has 1 aromatic heterocycles. The maximum atomic E-state index is 13.1. The summed E-state index contributed by atoms with van der Waals surface area (Å²) in [5.41, 5.74) is 2.69. The second-order valence-corrected chi connectivity index (χ2v) is 10.1. The highest BCUT2D eigenvalue weighted by atomic mass is 35.5. The highest BCUT2D eigenvalue weighted by molar-refractivity contribution is 8.01. The lowest BCUT2D eigenvalue weighted by Gasteiger charge is -2.27. The van der Waals surface area contributed by atoms with Gasteiger partial charge in [-0.05, 0) is 49.7 Å². The smallest absolute Gasteiger partial charge is 0.232 e. The van der Waals surface area contributed by atoms with E-state index in [-0.39, 0.29) is 5.78 Å². The lowest BCUT2D eigenvalue weighted by atomic mass is 10.00. The fourth-order valence-corrected chi connectivity index (χ4v) is 5.71. The quantitative estimate of drug-likeness (QED) is 0.196. The molecule has 3 aromatic rings. The summed E-state index contributed by atoms with van der Waals surface area (Å²) in [5.74, 6) is 1.41. The van der Waals surface area contributed by atoms with E-state index >= 15 is 0 Å². The number of Topliss-reactive ketones (excluding diaryl/α,β-unsaturated/α-hetero) is 1. The highest BCUT2D eigenvalue weighted by Crippen LogP contribution is 2.34. The Hall–Kier alpha value is -2.06. The summed E-state index contributed by atoms with van der Waals surface area (Å²) in [6.07, 6.45) is 4.58. The van der Waals surface area contributed by atoms with Crippen molar-refractivity contribution in [3.63, 3.8) is 0 Å². The van der Waals surface area contributed by atoms with E-state index in [0.29, 0.717) is 28.5 Å². The third kappa shape index (κ3) is 5.29. The number of fused-ring (bicyclic) bond motifs is 2. The van der Waals surface area contributed by atoms with Gasteiger partial charge in [0.05, 0.1) is 21.4 Å². The second kappa shape index (κ2) is 10.7. The molecular weight excluding hydrogens is 464 g/mol. The third-order valence-corrected chi connectivity index (χ3v) is 7.47. The van der Waals surface area contributed by atoms with Gasteiger partial charge in [-0.3, -0.25) is 4.79 Å². The van der Waals surface area contributed by atoms with Crippen molar-refractivity contribution >= 4 is 56.4 Å². The van der Waals surface area contributed by atoms with Gasteiger partial charge in [-0.15, -0.1) is 11.3 Å². The first kappa shape index (κ1) is 23.1. The summed E-state index contributed by atoms with van der Waals surface area (Å²) >= 11 is 9.59. The summed E-state index contributed by atoms with van der Waals surface area (Å²) in [6, 6.07) is 11.0. The minimum Gasteiger partial charge on any atom is -0.460 e. The molecule has 168 valence electrons. The van der Waals surface area contributed by atoms with Crippen LogP contribution in [0.2, 0.25) is 5.02 Å². The zero-order valence-electron chi connectivity index (χ0n) is 18.0. The molecule has 2 heterocycles. The number of aromatic nitrogens is 1. The van der Waals surface area contributed by atoms with Gasteiger partial charge in [0.2, 0.25) is 12.1 Å². The first-order valence-electron chi connectivity index (χ1n) is 10.7. The van der Waals surface area contributed by atoms with E-state index in [1.807, 2.05) is 30.8 Å². The number of carbonyl (C=O) groups is 1. The van der Waals surface area contributed by atoms with Crippen LogP contribution in [0.25, 0.3) is 10.2 Å². The van der Waals surface area contributed by atoms with Gasteiger partial charge in [0, 0.05) is 29.3 Å². The average Bonchev–Trinajstić information content (AvgIpc) is 3.19. The first-order chi connectivity index (χ1) is 15.6. The van der Waals surface area contributed by atoms with Crippen molar-refractivity contribution in [3.8, 4) is 5.75 Å². The predicted molar refractivity (Wildman–Crippen MR) is 133 cm³/mol. The van der Waals surface area contributed by atoms with Crippen LogP contribution >= 0.6 is 34.7 Å². The van der Waals surface area contributed by atoms with Crippen molar-refractivity contribution in [2.75, 3.05) is 17.7 Å². The Balaban J connectivity index is 1.53. The molecule has 1 atom stereocenters. The number of thiazole rings is 1. The van der Waals surface area contributed by atoms with E-state index in [4.69, 9.17) is 26.1 Å². The third-order valence-electron chi connectivity index (χ3n) is 4.99. The van der Waals surface area contributed by atoms with Crippen molar-refractivity contribution in [2.24, 2.45) is 0 Å². The van der Waals surface area contributed by atoms with E-state index < -0.39 is 6.29 Å². The number of halogens is 1. The SMILES string of the molecule is CCCCCSc1nc2ccc(N/C=C3/C(=O)c4cc(Cl)ccc4O[C@H]3OCC)cc2s1. The van der Waals surface area contributed by atoms with E-state index in [1.54, 1.807) is 35.7 Å². The Kier molecular flexibility index (Phi) is 7.73. The number of unbranched alkanes of at least 4 members (excludes halogenated alkanes) is 2. The van der Waals surface area contributed by atoms with E-state index in [1.165, 1.54) is 19.3 Å². The summed E-state index contributed by atoms with van der Waals surface area (Å²) < 4.78 is 13.8. The molecule has 0 saturated carbocycles. The average molecular weight is 489 g/mol. The summed E-state index contributed by atoms with van der Waals surface area (Å²) in [6.45, 7) is 4.50. The Morgan fingerprint density at radius 2 is 2.12 bits per heavy atom. The maximum Gasteiger partial charge on any atom is 0.232 e. The fraction of sp³-hybridized carbons (Fsp3) is 0.333. The number of hydrogen-bond acceptors (Lipinski definition) is 7. The van der Waals surface area contributed by atoms with Crippen molar-refractivity contribution < 1.29 is 14.3 Å². The van der Waals surface area contributed by atoms with E-state index in [9.17, 15) is 4.79 Å². The number of rotatable bonds is 9. The van der Waals surface area contributed by atoms with Crippen LogP contribution in [0.15, 0.2) is 52.5 Å². The minimum atomic E-state index is -0.771. The van der Waals surface area contributed by atoms with Gasteiger partial charge in [-0.2, -0.15) is 0 Å². The molecule has 0 amide bonds. The largest absolute Gasteiger partial charge is 0.460 e. The second-order valence-electron chi connectivity index (χ2n) is 7.34. The Morgan fingerprint density at radius 1 is 1.25 bits per heavy atom. The van der Waals surface area contributed by atoms with Gasteiger partial charge in [-0.1, -0.05) is 43.1 Å². The molecule has 5 nitrogen and oxygen atoms in total. The van der Waals surface area contributed by atoms with Crippen LogP contribution < -0.4 is 10.1 Å². The number of hydrogen-bond donors (Lipinski definition) is 1. The molecule has 0 fully saturated rings. The fourth-order valence-electron chi connectivity index (χ4n) is 3.36. The lowest BCUT2D eigenvalue weighted by Crippen LogP contribution is -2.33. The van der Waals surface area contributed by atoms with Crippen LogP contribution in [0.5, 0.6) is 5.75 Å². The number of carbonyl (C=O) groups excluding carboxylic acids is 1. The summed E-state index contributed by atoms with van der Waals surface area (Å²) in [7, 11) is 0. The molecule has 0 saturated heterocycles. The molecule has 1 N–H and O–H groups in total. The number of benzene rings is 2. The van der Waals surface area contributed by atoms with Crippen LogP contribution in [0.4, 0.5) is 5.69 Å². The van der Waals surface area contributed by atoms with Crippen LogP contribution in [0.3, 0.4) is 0 Å². The molecule has 4 rings (SSSR count). The van der Waals surface area contributed by atoms with Crippen molar-refractivity contribution in [2.45, 2.75) is 43.7 Å². The molecule has 0 spiro atoms. The van der Waals surface area contributed by atoms with Crippen LogP contribution in [0.1, 0.15) is 43.5 Å². The molecule has 0 aliphatic carbocycles. The molecule has 1 aliphatic rings. The monoisotopic (exact) mass is 488 g/mol. The topological polar surface area (TPSA) is 60.5 Å². The highest BCUT2D eigenvalue weighted by Gasteiger charge is 2.32. The molecular formula is C24H25ClN2O3S2. The molecule has 8 heteroatoms. The summed E-state index contributed by atoms with van der Waals surface area (Å²) in [5, 5.41) is 3.72. The summed E-state index contributed by atoms with van der Waals surface area (Å²) in [4.78, 5) is 17.8. The van der Waals surface area contributed by atoms with Gasteiger partial charge in [-0.25, -0.2) is 4.98 Å². The van der Waals surface area contributed by atoms with Crippen molar-refractivity contribution in [3.05, 3.63) is 58.8 Å². The van der Waals surface area contributed by atoms with Gasteiger partial charge in [0.1, 0.15) is 5.75 Å². The van der Waals surface area contributed by atoms with Gasteiger partial charge in [0.25, 0.3) is 0 Å². The van der Waals surface area contributed by atoms with Crippen LogP contribution in [-0.4, -0.2) is 29.4 Å². The number of nitrogens with one attached hydrogen (secondary N) is 1. The van der Waals surface area contributed by atoms with Crippen LogP contribution in [0, 0.1) is 0 Å². The number of nitrogens with zero attached hydrogens (tertiary/aromatic N) is 1. The molecule has 2 aromatic carbocycles. The lowest BCUT2D eigenvalue weighted by molar-refractivity contribution is -0.0509. The van der Waals surface area contributed by atoms with Gasteiger partial charge >= 0.3 is 0 Å². The first-order valence-corrected chi connectivity index (χ1v) is 12.9. The van der Waals surface area contributed by atoms with Crippen molar-refractivity contribution in [1.29, 1.82) is 0 Å². The van der Waals surface area contributed by atoms with Gasteiger partial charge in [0.15, 0.2) is 4.34 Å². The number of anilines is 1. The molecule has 0 unspecified atom stereocenters. The molecule has 32 heavy (non-hydrogen) atoms. The standard InChI is InChI=1S/C24H25ClN2O3S2/c1-3-5-6-11-31-24-27-19-9-8-16(13-21(19)32-24)26-14-18-22(28)17-12-15(25)7-10-20(17)30-23(18)29-4-2/h7-10,12-14,23,26H,3-6,11H2,1-2H3/b18-14-/t23-/m1/s1. The van der Waals surface area contributed by atoms with Crippen molar-refractivity contribution in [1.82, 2.24) is 4.98 Å². The van der Waals surface area contributed by atoms with E-state index in [2.05, 4.69) is 18.3 Å².